The summed E-state index contributed by atoms with van der Waals surface area (Å²) < 4.78 is 34.9. The van der Waals surface area contributed by atoms with Crippen LogP contribution < -0.4 is 10.2 Å². The second-order valence-corrected chi connectivity index (χ2v) is 14.1. The quantitative estimate of drug-likeness (QED) is 0.503. The molecule has 1 saturated heterocycles. The third-order valence-electron chi connectivity index (χ3n) is 6.54. The van der Waals surface area contributed by atoms with E-state index < -0.39 is 21.1 Å². The van der Waals surface area contributed by atoms with Crippen molar-refractivity contribution in [3.8, 4) is 5.75 Å². The predicted octanol–water partition coefficient (Wildman–Crippen LogP) is 5.49. The Morgan fingerprint density at radius 1 is 0.973 bits per heavy atom. The van der Waals surface area contributed by atoms with Crippen LogP contribution in [0.3, 0.4) is 0 Å². The van der Waals surface area contributed by atoms with Gasteiger partial charge in [0.05, 0.1) is 4.90 Å². The van der Waals surface area contributed by atoms with Crippen LogP contribution in [0.4, 0.5) is 0 Å². The normalized spacial score (nSPS) is 17.8. The minimum absolute atomic E-state index is 0.0637. The zero-order valence-electron chi connectivity index (χ0n) is 23.6. The van der Waals surface area contributed by atoms with Gasteiger partial charge in [0.15, 0.2) is 6.61 Å². The van der Waals surface area contributed by atoms with Crippen molar-refractivity contribution in [1.29, 1.82) is 0 Å². The fourth-order valence-corrected chi connectivity index (χ4v) is 7.45. The first kappa shape index (κ1) is 28.9. The van der Waals surface area contributed by atoms with Crippen molar-refractivity contribution in [3.63, 3.8) is 0 Å². The average molecular weight is 528 g/mol. The highest BCUT2D eigenvalue weighted by Gasteiger charge is 2.51. The van der Waals surface area contributed by atoms with Gasteiger partial charge in [-0.1, -0.05) is 39.0 Å². The number of amides is 1. The summed E-state index contributed by atoms with van der Waals surface area (Å²) in [6.07, 6.45) is 0.794. The Balaban J connectivity index is 1.74. The van der Waals surface area contributed by atoms with Crippen LogP contribution in [0.25, 0.3) is 0 Å². The lowest BCUT2D eigenvalue weighted by Crippen LogP contribution is -2.63. The molecule has 1 N–H and O–H groups in total. The topological polar surface area (TPSA) is 88.1 Å². The molecule has 0 atom stereocenters. The van der Waals surface area contributed by atoms with Crippen LogP contribution in [0.1, 0.15) is 78.0 Å². The summed E-state index contributed by atoms with van der Waals surface area (Å²) in [4.78, 5) is 12.7. The summed E-state index contributed by atoms with van der Waals surface area (Å²) in [7, 11) is -3.77. The zero-order chi connectivity index (χ0) is 27.8. The molecular weight excluding hydrogens is 486 g/mol. The van der Waals surface area contributed by atoms with Crippen molar-refractivity contribution < 1.29 is 17.9 Å². The van der Waals surface area contributed by atoms with Crippen molar-refractivity contribution in [2.45, 2.75) is 96.5 Å². The number of carbonyl (C=O) groups excluding carboxylic acids is 1. The highest BCUT2D eigenvalue weighted by atomic mass is 32.2. The number of sulfonamides is 1. The minimum atomic E-state index is -3.77. The van der Waals surface area contributed by atoms with E-state index in [0.29, 0.717) is 18.6 Å². The Bertz CT molecular complexity index is 1250. The van der Waals surface area contributed by atoms with Gasteiger partial charge in [0.1, 0.15) is 5.75 Å². The average Bonchev–Trinajstić information content (AvgIpc) is 2.73. The number of ether oxygens (including phenoxy) is 1. The highest BCUT2D eigenvalue weighted by molar-refractivity contribution is 7.89. The molecule has 1 aliphatic heterocycles. The van der Waals surface area contributed by atoms with Crippen molar-refractivity contribution in [2.75, 3.05) is 6.61 Å². The molecule has 0 saturated carbocycles. The molecule has 0 aliphatic carbocycles. The van der Waals surface area contributed by atoms with Gasteiger partial charge in [0, 0.05) is 29.6 Å². The van der Waals surface area contributed by atoms with E-state index in [4.69, 9.17) is 4.74 Å². The second-order valence-electron chi connectivity index (χ2n) is 12.3. The number of aryl methyl sites for hydroxylation is 2. The van der Waals surface area contributed by atoms with Crippen molar-refractivity contribution in [3.05, 3.63) is 59.2 Å². The highest BCUT2D eigenvalue weighted by Crippen LogP contribution is 2.41. The Kier molecular flexibility index (Phi) is 7.97. The van der Waals surface area contributed by atoms with E-state index in [1.165, 1.54) is 0 Å². The maximum Gasteiger partial charge on any atom is 0.277 e. The summed E-state index contributed by atoms with van der Waals surface area (Å²) in [5.41, 5.74) is 4.97. The number of benzene rings is 2. The second kappa shape index (κ2) is 10.2. The SMILES string of the molecule is Cc1cc(C)cc(OCC(=O)NN=C2CC(C)(C)N(S(=O)(=O)c3ccc(C(C)(C)C)cc3)C(C)(C)C2)c1. The van der Waals surface area contributed by atoms with Gasteiger partial charge >= 0.3 is 0 Å². The molecule has 3 rings (SSSR count). The summed E-state index contributed by atoms with van der Waals surface area (Å²) in [6, 6.07) is 13.0. The lowest BCUT2D eigenvalue weighted by Gasteiger charge is -2.51. The van der Waals surface area contributed by atoms with Crippen LogP contribution >= 0.6 is 0 Å². The van der Waals surface area contributed by atoms with Crippen molar-refractivity contribution >= 4 is 21.6 Å². The van der Waals surface area contributed by atoms with Gasteiger partial charge < -0.3 is 4.74 Å². The van der Waals surface area contributed by atoms with Crippen LogP contribution in [0.15, 0.2) is 52.5 Å². The molecule has 2 aromatic carbocycles. The molecule has 0 aromatic heterocycles. The molecule has 1 amide bonds. The van der Waals surface area contributed by atoms with Gasteiger partial charge in [-0.15, -0.1) is 0 Å². The van der Waals surface area contributed by atoms with E-state index >= 15 is 0 Å². The Morgan fingerprint density at radius 2 is 1.49 bits per heavy atom. The zero-order valence-corrected chi connectivity index (χ0v) is 24.4. The van der Waals surface area contributed by atoms with Crippen LogP contribution in [0, 0.1) is 13.8 Å². The Labute approximate surface area is 222 Å². The van der Waals surface area contributed by atoms with E-state index in [-0.39, 0.29) is 22.8 Å². The summed E-state index contributed by atoms with van der Waals surface area (Å²) in [5.74, 6) is 0.271. The fourth-order valence-electron chi connectivity index (χ4n) is 5.33. The molecule has 1 fully saturated rings. The van der Waals surface area contributed by atoms with E-state index in [9.17, 15) is 13.2 Å². The van der Waals surface area contributed by atoms with Gasteiger partial charge in [-0.25, -0.2) is 13.8 Å². The summed E-state index contributed by atoms with van der Waals surface area (Å²) in [6.45, 7) is 17.7. The number of nitrogens with one attached hydrogen (secondary N) is 1. The predicted molar refractivity (Wildman–Crippen MR) is 149 cm³/mol. The first-order valence-corrected chi connectivity index (χ1v) is 14.1. The first-order chi connectivity index (χ1) is 16.9. The summed E-state index contributed by atoms with van der Waals surface area (Å²) >= 11 is 0. The van der Waals surface area contributed by atoms with Crippen molar-refractivity contribution in [2.24, 2.45) is 5.10 Å². The summed E-state index contributed by atoms with van der Waals surface area (Å²) in [5, 5.41) is 4.37. The third-order valence-corrected chi connectivity index (χ3v) is 8.87. The maximum absolute atomic E-state index is 13.8. The molecule has 37 heavy (non-hydrogen) atoms. The standard InChI is InChI=1S/C29H41N3O4S/c1-20-14-21(2)16-24(15-20)36-19-26(33)31-30-23-17-28(6,7)32(29(8,9)18-23)37(34,35)25-12-10-22(11-13-25)27(3,4)5/h10-16H,17-19H2,1-9H3,(H,31,33). The molecule has 7 nitrogen and oxygen atoms in total. The number of piperidine rings is 1. The molecule has 8 heteroatoms. The number of hydrogen-bond acceptors (Lipinski definition) is 5. The smallest absolute Gasteiger partial charge is 0.277 e. The number of nitrogens with zero attached hydrogens (tertiary/aromatic N) is 2. The van der Waals surface area contributed by atoms with Gasteiger partial charge in [-0.2, -0.15) is 9.41 Å². The van der Waals surface area contributed by atoms with E-state index in [0.717, 1.165) is 22.4 Å². The largest absolute Gasteiger partial charge is 0.484 e. The van der Waals surface area contributed by atoms with E-state index in [1.54, 1.807) is 16.4 Å². The molecule has 0 bridgehead atoms. The van der Waals surface area contributed by atoms with Crippen LogP contribution in [-0.4, -0.2) is 42.0 Å². The van der Waals surface area contributed by atoms with Crippen LogP contribution in [0.2, 0.25) is 0 Å². The van der Waals surface area contributed by atoms with Crippen LogP contribution in [0.5, 0.6) is 5.75 Å². The lowest BCUT2D eigenvalue weighted by atomic mass is 9.81. The Morgan fingerprint density at radius 3 is 1.97 bits per heavy atom. The molecule has 2 aromatic rings. The Hall–Kier alpha value is -2.71. The number of rotatable bonds is 6. The van der Waals surface area contributed by atoms with Crippen molar-refractivity contribution in [1.82, 2.24) is 9.73 Å². The third kappa shape index (κ3) is 6.79. The first-order valence-electron chi connectivity index (χ1n) is 12.6. The van der Waals surface area contributed by atoms with Gasteiger partial charge in [-0.05, 0) is 87.9 Å². The molecular formula is C29H41N3O4S. The van der Waals surface area contributed by atoms with E-state index in [1.807, 2.05) is 71.9 Å². The number of carbonyl (C=O) groups is 1. The number of hydrogen-bond donors (Lipinski definition) is 1. The van der Waals surface area contributed by atoms with Gasteiger partial charge in [-0.3, -0.25) is 4.79 Å². The molecule has 0 spiro atoms. The maximum atomic E-state index is 13.8. The molecule has 202 valence electrons. The van der Waals surface area contributed by atoms with E-state index in [2.05, 4.69) is 31.3 Å². The van der Waals surface area contributed by atoms with Gasteiger partial charge in [0.2, 0.25) is 10.0 Å². The monoisotopic (exact) mass is 527 g/mol. The molecule has 1 heterocycles. The molecule has 1 aliphatic rings. The molecule has 0 unspecified atom stereocenters. The lowest BCUT2D eigenvalue weighted by molar-refractivity contribution is -0.123. The van der Waals surface area contributed by atoms with Crippen LogP contribution in [-0.2, 0) is 20.2 Å². The minimum Gasteiger partial charge on any atom is -0.484 e. The van der Waals surface area contributed by atoms with Gasteiger partial charge in [0.25, 0.3) is 5.91 Å². The number of hydrazone groups is 1. The fraction of sp³-hybridized carbons (Fsp3) is 0.517. The molecule has 0 radical (unpaired) electrons.